The molecule has 1 unspecified atom stereocenters. The van der Waals surface area contributed by atoms with Crippen LogP contribution in [0.15, 0.2) is 0 Å². The van der Waals surface area contributed by atoms with Crippen LogP contribution in [-0.2, 0) is 9.47 Å². The molecule has 2 fully saturated rings. The summed E-state index contributed by atoms with van der Waals surface area (Å²) < 4.78 is 10.8. The van der Waals surface area contributed by atoms with Crippen molar-refractivity contribution < 1.29 is 14.6 Å². The molecule has 1 N–H and O–H groups in total. The van der Waals surface area contributed by atoms with Crippen LogP contribution in [0.1, 0.15) is 19.3 Å². The van der Waals surface area contributed by atoms with E-state index in [9.17, 15) is 0 Å². The first kappa shape index (κ1) is 7.53. The van der Waals surface area contributed by atoms with Crippen LogP contribution in [0.2, 0.25) is 0 Å². The summed E-state index contributed by atoms with van der Waals surface area (Å²) in [6.45, 7) is 1.58. The Labute approximate surface area is 66.3 Å². The van der Waals surface area contributed by atoms with Crippen molar-refractivity contribution in [3.05, 3.63) is 0 Å². The lowest BCUT2D eigenvalue weighted by Gasteiger charge is -2.33. The first-order valence-electron chi connectivity index (χ1n) is 4.26. The minimum absolute atomic E-state index is 0.109. The molecular weight excluding hydrogens is 144 g/mol. The van der Waals surface area contributed by atoms with Gasteiger partial charge < -0.3 is 14.6 Å². The van der Waals surface area contributed by atoms with Gasteiger partial charge in [0.15, 0.2) is 0 Å². The summed E-state index contributed by atoms with van der Waals surface area (Å²) in [7, 11) is 0. The molecule has 1 atom stereocenters. The average molecular weight is 158 g/mol. The van der Waals surface area contributed by atoms with Crippen LogP contribution in [0.4, 0.5) is 0 Å². The highest BCUT2D eigenvalue weighted by atomic mass is 16.6. The smallest absolute Gasteiger partial charge is 0.0834 e. The normalized spacial score (nSPS) is 43.9. The van der Waals surface area contributed by atoms with E-state index in [1.165, 1.54) is 0 Å². The molecule has 1 aliphatic heterocycles. The van der Waals surface area contributed by atoms with Gasteiger partial charge in [0.2, 0.25) is 0 Å². The van der Waals surface area contributed by atoms with E-state index in [2.05, 4.69) is 0 Å². The van der Waals surface area contributed by atoms with Gasteiger partial charge in [0.25, 0.3) is 0 Å². The van der Waals surface area contributed by atoms with Crippen molar-refractivity contribution in [2.75, 3.05) is 13.2 Å². The topological polar surface area (TPSA) is 38.7 Å². The zero-order chi connectivity index (χ0) is 7.68. The summed E-state index contributed by atoms with van der Waals surface area (Å²) in [6, 6.07) is 0. The lowest BCUT2D eigenvalue weighted by molar-refractivity contribution is -0.103. The average Bonchev–Trinajstić information content (AvgIpc) is 2.36. The van der Waals surface area contributed by atoms with Crippen LogP contribution in [0.25, 0.3) is 0 Å². The van der Waals surface area contributed by atoms with Crippen LogP contribution < -0.4 is 0 Å². The Hall–Kier alpha value is -0.120. The molecule has 0 radical (unpaired) electrons. The molecule has 1 aliphatic carbocycles. The fourth-order valence-electron chi connectivity index (χ4n) is 1.54. The van der Waals surface area contributed by atoms with E-state index in [-0.39, 0.29) is 6.10 Å². The maximum absolute atomic E-state index is 8.98. The van der Waals surface area contributed by atoms with E-state index in [0.29, 0.717) is 12.2 Å². The van der Waals surface area contributed by atoms with Gasteiger partial charge in [-0.25, -0.2) is 0 Å². The van der Waals surface area contributed by atoms with Gasteiger partial charge in [-0.1, -0.05) is 0 Å². The Morgan fingerprint density at radius 2 is 2.09 bits per heavy atom. The lowest BCUT2D eigenvalue weighted by atomic mass is 9.92. The van der Waals surface area contributed by atoms with E-state index in [0.717, 1.165) is 32.5 Å². The summed E-state index contributed by atoms with van der Waals surface area (Å²) in [6.07, 6.45) is 3.14. The van der Waals surface area contributed by atoms with Crippen molar-refractivity contribution in [1.82, 2.24) is 0 Å². The first-order valence-corrected chi connectivity index (χ1v) is 4.26. The second kappa shape index (κ2) is 3.09. The second-order valence-corrected chi connectivity index (χ2v) is 3.37. The fourth-order valence-corrected chi connectivity index (χ4v) is 1.54. The molecule has 3 nitrogen and oxygen atoms in total. The first-order chi connectivity index (χ1) is 5.34. The van der Waals surface area contributed by atoms with E-state index >= 15 is 0 Å². The van der Waals surface area contributed by atoms with Gasteiger partial charge in [-0.3, -0.25) is 0 Å². The molecule has 11 heavy (non-hydrogen) atoms. The van der Waals surface area contributed by atoms with Crippen LogP contribution in [0, 0.1) is 0 Å². The van der Waals surface area contributed by atoms with Gasteiger partial charge in [-0.15, -0.1) is 0 Å². The van der Waals surface area contributed by atoms with Gasteiger partial charge >= 0.3 is 0 Å². The van der Waals surface area contributed by atoms with Crippen molar-refractivity contribution in [2.45, 2.75) is 37.6 Å². The van der Waals surface area contributed by atoms with Crippen molar-refractivity contribution in [3.8, 4) is 0 Å². The van der Waals surface area contributed by atoms with E-state index in [1.54, 1.807) is 0 Å². The van der Waals surface area contributed by atoms with Gasteiger partial charge in [0.05, 0.1) is 24.9 Å². The minimum Gasteiger partial charge on any atom is -0.393 e. The second-order valence-electron chi connectivity index (χ2n) is 3.37. The molecule has 1 heterocycles. The zero-order valence-electron chi connectivity index (χ0n) is 6.53. The number of hydrogen-bond donors (Lipinski definition) is 1. The van der Waals surface area contributed by atoms with Crippen molar-refractivity contribution in [2.24, 2.45) is 0 Å². The molecule has 0 aromatic heterocycles. The third-order valence-corrected chi connectivity index (χ3v) is 2.34. The molecule has 0 aromatic carbocycles. The van der Waals surface area contributed by atoms with Crippen molar-refractivity contribution in [3.63, 3.8) is 0 Å². The summed E-state index contributed by atoms with van der Waals surface area (Å²) >= 11 is 0. The molecule has 1 saturated carbocycles. The van der Waals surface area contributed by atoms with E-state index in [1.807, 2.05) is 0 Å². The molecule has 0 amide bonds. The molecule has 1 saturated heterocycles. The van der Waals surface area contributed by atoms with Gasteiger partial charge in [-0.2, -0.15) is 0 Å². The molecule has 0 aromatic rings. The highest BCUT2D eigenvalue weighted by molar-refractivity contribution is 4.81. The lowest BCUT2D eigenvalue weighted by Crippen LogP contribution is -2.38. The largest absolute Gasteiger partial charge is 0.393 e. The monoisotopic (exact) mass is 158 g/mol. The van der Waals surface area contributed by atoms with E-state index in [4.69, 9.17) is 14.6 Å². The van der Waals surface area contributed by atoms with Crippen molar-refractivity contribution >= 4 is 0 Å². The number of aliphatic hydroxyl groups excluding tert-OH is 1. The van der Waals surface area contributed by atoms with Crippen LogP contribution in [0.5, 0.6) is 0 Å². The number of hydrogen-bond acceptors (Lipinski definition) is 3. The Morgan fingerprint density at radius 1 is 1.27 bits per heavy atom. The summed E-state index contributed by atoms with van der Waals surface area (Å²) in [5.41, 5.74) is 0. The molecular formula is C8H14O3. The van der Waals surface area contributed by atoms with Crippen LogP contribution in [-0.4, -0.2) is 36.6 Å². The maximum atomic E-state index is 8.98. The highest BCUT2D eigenvalue weighted by Gasteiger charge is 2.31. The Morgan fingerprint density at radius 3 is 2.64 bits per heavy atom. The molecule has 2 rings (SSSR count). The number of ether oxygens (including phenoxy) is 2. The van der Waals surface area contributed by atoms with Crippen LogP contribution >= 0.6 is 0 Å². The highest BCUT2D eigenvalue weighted by Crippen LogP contribution is 2.25. The quantitative estimate of drug-likeness (QED) is 0.628. The predicted molar refractivity (Wildman–Crippen MR) is 39.3 cm³/mol. The van der Waals surface area contributed by atoms with Crippen LogP contribution in [0.3, 0.4) is 0 Å². The van der Waals surface area contributed by atoms with Crippen molar-refractivity contribution in [1.29, 1.82) is 0 Å². The molecule has 64 valence electrons. The predicted octanol–water partition coefficient (Wildman–Crippen LogP) is 0.315. The maximum Gasteiger partial charge on any atom is 0.0834 e. The minimum atomic E-state index is -0.109. The summed E-state index contributed by atoms with van der Waals surface area (Å²) in [5, 5.41) is 8.98. The zero-order valence-corrected chi connectivity index (χ0v) is 6.53. The standard InChI is InChI=1S/C8H14O3/c9-6-3-8(4-6)11-7-1-2-10-5-7/h6-9H,1-5H2. The van der Waals surface area contributed by atoms with Gasteiger partial charge in [0.1, 0.15) is 0 Å². The molecule has 0 bridgehead atoms. The third kappa shape index (κ3) is 1.72. The summed E-state index contributed by atoms with van der Waals surface area (Å²) in [5.74, 6) is 0. The summed E-state index contributed by atoms with van der Waals surface area (Å²) in [4.78, 5) is 0. The Bertz CT molecular complexity index is 125. The Kier molecular flexibility index (Phi) is 2.11. The SMILES string of the molecule is OC1CC(OC2CCOC2)C1. The third-order valence-electron chi connectivity index (χ3n) is 2.34. The number of aliphatic hydroxyl groups is 1. The number of rotatable bonds is 2. The molecule has 2 aliphatic rings. The molecule has 0 spiro atoms. The van der Waals surface area contributed by atoms with Gasteiger partial charge in [0, 0.05) is 6.61 Å². The molecule has 3 heteroatoms. The van der Waals surface area contributed by atoms with E-state index < -0.39 is 0 Å². The fraction of sp³-hybridized carbons (Fsp3) is 1.00. The Balaban J connectivity index is 1.66. The van der Waals surface area contributed by atoms with Gasteiger partial charge in [-0.05, 0) is 19.3 Å².